The fourth-order valence-corrected chi connectivity index (χ4v) is 16.3. The topological polar surface area (TPSA) is 109 Å². The lowest BCUT2D eigenvalue weighted by atomic mass is 10.2. The minimum Gasteiger partial charge on any atom is -0.389 e. The molecule has 2 aromatic carbocycles. The molecule has 0 atom stereocenters. The number of hydrogen-bond acceptors (Lipinski definition) is 8. The summed E-state index contributed by atoms with van der Waals surface area (Å²) in [5.74, 6) is 0.788. The first-order valence-electron chi connectivity index (χ1n) is 15.7. The zero-order valence-electron chi connectivity index (χ0n) is 26.7. The zero-order valence-corrected chi connectivity index (χ0v) is 29.7. The Morgan fingerprint density at radius 3 is 2.02 bits per heavy atom. The average molecular weight is 659 g/mol. The van der Waals surface area contributed by atoms with Gasteiger partial charge in [-0.25, -0.2) is 19.9 Å². The summed E-state index contributed by atoms with van der Waals surface area (Å²) in [5.41, 5.74) is 13.7. The zero-order chi connectivity index (χ0) is 31.6. The number of nitrogens with zero attached hydrogens (tertiary/aromatic N) is 7. The predicted molar refractivity (Wildman–Crippen MR) is 188 cm³/mol. The Balaban J connectivity index is 1.31. The van der Waals surface area contributed by atoms with Gasteiger partial charge in [-0.2, -0.15) is 5.48 Å². The van der Waals surface area contributed by atoms with Crippen molar-refractivity contribution in [1.82, 2.24) is 39.7 Å². The quantitative estimate of drug-likeness (QED) is 0.240. The summed E-state index contributed by atoms with van der Waals surface area (Å²) in [7, 11) is -6.44. The van der Waals surface area contributed by atoms with Gasteiger partial charge >= 0.3 is 0 Å². The fourth-order valence-electron chi connectivity index (χ4n) is 7.06. The summed E-state index contributed by atoms with van der Waals surface area (Å²) in [6, 6.07) is 18.9. The molecule has 230 valence electrons. The first kappa shape index (κ1) is 27.8. The minimum atomic E-state index is -2.31. The lowest BCUT2D eigenvalue weighted by Crippen LogP contribution is -2.71. The summed E-state index contributed by atoms with van der Waals surface area (Å²) < 4.78 is 10.1. The molecule has 46 heavy (non-hydrogen) atoms. The van der Waals surface area contributed by atoms with Gasteiger partial charge in [-0.1, -0.05) is 79.5 Å². The molecule has 12 bridgehead atoms. The van der Waals surface area contributed by atoms with Crippen molar-refractivity contribution >= 4 is 72.5 Å². The first-order valence-corrected chi connectivity index (χ1v) is 25.9. The fraction of sp³-hybridized carbons (Fsp3) is 0.242. The van der Waals surface area contributed by atoms with Crippen molar-refractivity contribution in [3.05, 3.63) is 78.2 Å². The maximum absolute atomic E-state index is 6.01. The predicted octanol–water partition coefficient (Wildman–Crippen LogP) is 4.31. The van der Waals surface area contributed by atoms with Gasteiger partial charge in [-0.15, -0.1) is 0 Å². The molecule has 0 saturated carbocycles. The second-order valence-electron chi connectivity index (χ2n) is 14.3. The van der Waals surface area contributed by atoms with Gasteiger partial charge in [-0.3, -0.25) is 9.13 Å². The van der Waals surface area contributed by atoms with E-state index in [-0.39, 0.29) is 0 Å². The third-order valence-corrected chi connectivity index (χ3v) is 30.4. The van der Waals surface area contributed by atoms with E-state index >= 15 is 0 Å². The SMILES string of the molecule is C[Si]1(C)Cc2ccc(cc2)-n2c3cnc(nc3c3cnoc32)[Si](C)(C)[Si](C)(C)c2ncc3c(n2)c2c(n3-c3ccc1cc3)ONC2. The van der Waals surface area contributed by atoms with E-state index in [2.05, 4.69) is 108 Å². The van der Waals surface area contributed by atoms with E-state index in [0.29, 0.717) is 12.3 Å². The van der Waals surface area contributed by atoms with Crippen LogP contribution in [0.1, 0.15) is 11.1 Å². The van der Waals surface area contributed by atoms with Crippen LogP contribution in [0.25, 0.3) is 44.5 Å². The Kier molecular flexibility index (Phi) is 5.64. The van der Waals surface area contributed by atoms with Gasteiger partial charge in [0.15, 0.2) is 0 Å². The van der Waals surface area contributed by atoms with Crippen LogP contribution in [-0.4, -0.2) is 57.5 Å². The summed E-state index contributed by atoms with van der Waals surface area (Å²) in [6.45, 7) is 14.9. The number of fused-ring (bicyclic) bond motifs is 2. The summed E-state index contributed by atoms with van der Waals surface area (Å²) >= 11 is 0. The van der Waals surface area contributed by atoms with Gasteiger partial charge in [0.05, 0.1) is 55.2 Å². The van der Waals surface area contributed by atoms with E-state index in [1.54, 1.807) is 6.20 Å². The summed E-state index contributed by atoms with van der Waals surface area (Å²) in [5, 5.41) is 6.47. The van der Waals surface area contributed by atoms with Gasteiger partial charge in [-0.05, 0) is 30.3 Å². The Bertz CT molecular complexity index is 2360. The highest BCUT2D eigenvalue weighted by molar-refractivity contribution is 7.49. The normalized spacial score (nSPS) is 17.8. The largest absolute Gasteiger partial charge is 0.389 e. The monoisotopic (exact) mass is 658 g/mol. The Hall–Kier alpha value is -4.44. The Labute approximate surface area is 268 Å². The maximum atomic E-state index is 6.01. The van der Waals surface area contributed by atoms with Crippen LogP contribution in [0, 0.1) is 0 Å². The van der Waals surface area contributed by atoms with Crippen LogP contribution in [0.5, 0.6) is 5.88 Å². The molecule has 8 aliphatic heterocycles. The molecule has 8 aliphatic rings. The third kappa shape index (κ3) is 3.73. The van der Waals surface area contributed by atoms with E-state index in [4.69, 9.17) is 29.3 Å². The average Bonchev–Trinajstić information content (AvgIpc) is 3.82. The molecule has 13 heteroatoms. The molecule has 0 spiro atoms. The molecular formula is C33H34N8O2Si3. The Morgan fingerprint density at radius 1 is 0.717 bits per heavy atom. The summed E-state index contributed by atoms with van der Waals surface area (Å²) in [4.78, 5) is 26.8. The van der Waals surface area contributed by atoms with Gasteiger partial charge in [0.25, 0.3) is 0 Å². The molecule has 5 aromatic heterocycles. The molecule has 0 fully saturated rings. The minimum absolute atomic E-state index is 0.597. The van der Waals surface area contributed by atoms with Crippen LogP contribution in [0.15, 0.2) is 71.6 Å². The van der Waals surface area contributed by atoms with Crippen LogP contribution in [0.4, 0.5) is 0 Å². The highest BCUT2D eigenvalue weighted by atomic mass is 29.3. The summed E-state index contributed by atoms with van der Waals surface area (Å²) in [6.07, 6.45) is 5.73. The highest BCUT2D eigenvalue weighted by Crippen LogP contribution is 2.36. The van der Waals surface area contributed by atoms with Crippen LogP contribution in [0.3, 0.4) is 0 Å². The number of aromatic nitrogens is 7. The third-order valence-electron chi connectivity index (χ3n) is 10.6. The van der Waals surface area contributed by atoms with E-state index < -0.39 is 23.3 Å². The smallest absolute Gasteiger partial charge is 0.245 e. The van der Waals surface area contributed by atoms with Crippen molar-refractivity contribution in [3.63, 3.8) is 0 Å². The van der Waals surface area contributed by atoms with Crippen molar-refractivity contribution in [2.75, 3.05) is 0 Å². The molecule has 13 heterocycles. The van der Waals surface area contributed by atoms with Gasteiger partial charge in [0, 0.05) is 11.4 Å². The van der Waals surface area contributed by atoms with Crippen molar-refractivity contribution in [2.45, 2.75) is 51.9 Å². The molecule has 0 radical (unpaired) electrons. The second-order valence-corrected chi connectivity index (χ2v) is 33.9. The Morgan fingerprint density at radius 2 is 1.33 bits per heavy atom. The van der Waals surface area contributed by atoms with Crippen LogP contribution >= 0.6 is 0 Å². The molecule has 1 N–H and O–H groups in total. The molecule has 0 aliphatic carbocycles. The van der Waals surface area contributed by atoms with Crippen molar-refractivity contribution < 1.29 is 9.36 Å². The van der Waals surface area contributed by atoms with Crippen LogP contribution in [-0.2, 0) is 12.6 Å². The van der Waals surface area contributed by atoms with Crippen molar-refractivity contribution in [3.8, 4) is 17.3 Å². The number of benzene rings is 2. The molecule has 0 amide bonds. The van der Waals surface area contributed by atoms with Crippen molar-refractivity contribution in [2.24, 2.45) is 0 Å². The lowest BCUT2D eigenvalue weighted by Gasteiger charge is -2.35. The van der Waals surface area contributed by atoms with Gasteiger partial charge < -0.3 is 9.36 Å². The lowest BCUT2D eigenvalue weighted by molar-refractivity contribution is 0.212. The second kappa shape index (κ2) is 9.31. The first-order chi connectivity index (χ1) is 22.0. The van der Waals surface area contributed by atoms with E-state index in [1.807, 2.05) is 12.4 Å². The standard InChI is InChI=1S/C33H34N8O2Si3/c1-44(2)19-20-7-9-21(10-8-20)40-26-17-34-32(38-28(26)24-15-36-42-30(24)40)45(3,4)46(5,6)33-35-18-27-29(39-33)25-16-37-43-31(25)41(27)22-11-13-23(44)14-12-22/h7-15,17-18,37H,16,19H2,1-6H3. The molecule has 15 rings (SSSR count). The number of hydroxylamine groups is 1. The molecule has 0 saturated heterocycles. The van der Waals surface area contributed by atoms with E-state index in [1.165, 1.54) is 10.8 Å². The van der Waals surface area contributed by atoms with E-state index in [9.17, 15) is 0 Å². The van der Waals surface area contributed by atoms with E-state index in [0.717, 1.165) is 67.2 Å². The van der Waals surface area contributed by atoms with Crippen LogP contribution in [0.2, 0.25) is 39.3 Å². The van der Waals surface area contributed by atoms with Gasteiger partial charge in [0.2, 0.25) is 11.6 Å². The molecule has 10 nitrogen and oxygen atoms in total. The van der Waals surface area contributed by atoms with Crippen LogP contribution < -0.4 is 26.4 Å². The van der Waals surface area contributed by atoms with Crippen molar-refractivity contribution in [1.29, 1.82) is 0 Å². The molecule has 7 aromatic rings. The maximum Gasteiger partial charge on any atom is 0.245 e. The number of rotatable bonds is 0. The number of nitrogens with one attached hydrogen (secondary N) is 1. The molecule has 0 unspecified atom stereocenters. The molecular weight excluding hydrogens is 625 g/mol. The highest BCUT2D eigenvalue weighted by Gasteiger charge is 2.49. The number of hydrogen-bond donors (Lipinski definition) is 1. The van der Waals surface area contributed by atoms with Gasteiger partial charge in [0.1, 0.15) is 37.1 Å².